The number of hydrogen-bond donors (Lipinski definition) is 5. The van der Waals surface area contributed by atoms with Gasteiger partial charge >= 0.3 is 13.9 Å². The molecule has 0 spiro atoms. The zero-order chi connectivity index (χ0) is 33.4. The third kappa shape index (κ3) is 9.28. The summed E-state index contributed by atoms with van der Waals surface area (Å²) >= 11 is 0. The number of nitrogens with one attached hydrogen (secondary N) is 2. The van der Waals surface area contributed by atoms with E-state index in [9.17, 15) is 24.1 Å². The Labute approximate surface area is 273 Å². The highest BCUT2D eigenvalue weighted by Gasteiger charge is 2.35. The van der Waals surface area contributed by atoms with Crippen molar-refractivity contribution in [2.75, 3.05) is 11.4 Å². The molecule has 2 atom stereocenters. The minimum atomic E-state index is -4.77. The quantitative estimate of drug-likeness (QED) is 0.168. The maximum Gasteiger partial charge on any atom is 0.524 e. The fourth-order valence-corrected chi connectivity index (χ4v) is 6.64. The molecule has 12 nitrogen and oxygen atoms in total. The molecule has 3 aromatic rings. The van der Waals surface area contributed by atoms with Crippen molar-refractivity contribution in [1.29, 1.82) is 0 Å². The molecule has 0 saturated heterocycles. The van der Waals surface area contributed by atoms with E-state index in [1.807, 2.05) is 54.6 Å². The number of carbonyl (C=O) groups excluding carboxylic acids is 2. The van der Waals surface area contributed by atoms with E-state index in [0.29, 0.717) is 29.4 Å². The Morgan fingerprint density at radius 3 is 2.32 bits per heavy atom. The van der Waals surface area contributed by atoms with Crippen LogP contribution in [-0.4, -0.2) is 57.3 Å². The summed E-state index contributed by atoms with van der Waals surface area (Å²) in [6.07, 6.45) is 5.02. The van der Waals surface area contributed by atoms with Gasteiger partial charge in [-0.2, -0.15) is 0 Å². The number of carbonyl (C=O) groups is 3. The first-order chi connectivity index (χ1) is 22.6. The number of benzene rings is 3. The normalized spacial score (nSPS) is 17.6. The molecule has 0 bridgehead atoms. The number of benzodiazepines with no additional fused rings is 1. The van der Waals surface area contributed by atoms with E-state index >= 15 is 0 Å². The Morgan fingerprint density at radius 1 is 0.957 bits per heavy atom. The van der Waals surface area contributed by atoms with Gasteiger partial charge in [0.05, 0.1) is 11.4 Å². The Bertz CT molecular complexity index is 1640. The average Bonchev–Trinajstić information content (AvgIpc) is 3.16. The fraction of sp³-hybridized carbons (Fsp3) is 0.353. The summed E-state index contributed by atoms with van der Waals surface area (Å²) in [7, 11) is -4.77. The predicted molar refractivity (Wildman–Crippen MR) is 176 cm³/mol. The molecule has 1 aliphatic heterocycles. The second kappa shape index (κ2) is 15.4. The van der Waals surface area contributed by atoms with Crippen LogP contribution in [0.3, 0.4) is 0 Å². The number of hydrogen-bond acceptors (Lipinski definition) is 6. The van der Waals surface area contributed by atoms with Gasteiger partial charge in [-0.3, -0.25) is 19.4 Å². The van der Waals surface area contributed by atoms with E-state index in [2.05, 4.69) is 15.2 Å². The van der Waals surface area contributed by atoms with Crippen LogP contribution in [0, 0.1) is 5.92 Å². The van der Waals surface area contributed by atoms with Crippen LogP contribution in [0.15, 0.2) is 83.9 Å². The summed E-state index contributed by atoms with van der Waals surface area (Å²) in [5, 5.41) is 14.5. The van der Waals surface area contributed by atoms with Gasteiger partial charge in [0.2, 0.25) is 12.1 Å². The first-order valence-electron chi connectivity index (χ1n) is 15.8. The van der Waals surface area contributed by atoms with Gasteiger partial charge in [-0.15, -0.1) is 0 Å². The number of phosphoric ester groups is 1. The number of carboxylic acid groups (broad SMARTS) is 1. The summed E-state index contributed by atoms with van der Waals surface area (Å²) in [5.41, 5.74) is 3.21. The topological polar surface area (TPSA) is 178 Å². The van der Waals surface area contributed by atoms with Crippen molar-refractivity contribution in [2.24, 2.45) is 10.9 Å². The monoisotopic (exact) mass is 662 g/mol. The molecule has 1 fully saturated rings. The lowest BCUT2D eigenvalue weighted by atomic mass is 9.86. The van der Waals surface area contributed by atoms with E-state index in [1.54, 1.807) is 4.90 Å². The first kappa shape index (κ1) is 33.8. The lowest BCUT2D eigenvalue weighted by Gasteiger charge is -2.28. The maximum atomic E-state index is 14.2. The zero-order valence-electron chi connectivity index (χ0n) is 25.8. The number of aliphatic imine (C=N–C) groups is 1. The molecule has 5 rings (SSSR count). The molecule has 1 aliphatic carbocycles. The lowest BCUT2D eigenvalue weighted by Crippen LogP contribution is -2.54. The van der Waals surface area contributed by atoms with Crippen LogP contribution < -0.4 is 20.1 Å². The SMILES string of the molecule is O=C(O)NC(Cc1ccc(OP(=O)(O)O)cc1)C(=O)NC1N=C(c2ccccc2)c2ccccc2N(CCCC2CCCCC2)C1=O. The van der Waals surface area contributed by atoms with E-state index in [0.717, 1.165) is 24.0 Å². The van der Waals surface area contributed by atoms with Crippen molar-refractivity contribution in [3.05, 3.63) is 95.6 Å². The number of amides is 3. The minimum Gasteiger partial charge on any atom is -0.465 e. The highest BCUT2D eigenvalue weighted by atomic mass is 31.2. The van der Waals surface area contributed by atoms with Crippen molar-refractivity contribution in [3.63, 3.8) is 0 Å². The summed E-state index contributed by atoms with van der Waals surface area (Å²) in [4.78, 5) is 64.2. The summed E-state index contributed by atoms with van der Waals surface area (Å²) in [6.45, 7) is 0.441. The standard InChI is InChI=1S/C34H39N4O8P/c39-32(28(35-34(41)42)22-24-17-19-26(20-18-24)46-47(43,44)45)37-31-33(40)38(21-9-12-23-10-3-1-4-11-23)29-16-8-7-15-27(29)30(36-31)25-13-5-2-6-14-25/h2,5-8,13-20,23,28,31,35H,1,3-4,9-12,21-22H2,(H,37,39)(H,41,42)(H2,43,44,45). The second-order valence-electron chi connectivity index (χ2n) is 11.8. The van der Waals surface area contributed by atoms with Crippen LogP contribution in [-0.2, 0) is 20.6 Å². The van der Waals surface area contributed by atoms with Crippen LogP contribution in [0.2, 0.25) is 0 Å². The Balaban J connectivity index is 1.42. The van der Waals surface area contributed by atoms with Gasteiger partial charge in [0.25, 0.3) is 5.91 Å². The molecule has 2 unspecified atom stereocenters. The van der Waals surface area contributed by atoms with Crippen molar-refractivity contribution < 1.29 is 38.4 Å². The van der Waals surface area contributed by atoms with Gasteiger partial charge in [-0.05, 0) is 42.5 Å². The molecule has 1 heterocycles. The third-order valence-electron chi connectivity index (χ3n) is 8.45. The molecule has 248 valence electrons. The highest BCUT2D eigenvalue weighted by Crippen LogP contribution is 2.37. The van der Waals surface area contributed by atoms with Crippen molar-refractivity contribution in [3.8, 4) is 5.75 Å². The maximum absolute atomic E-state index is 14.2. The van der Waals surface area contributed by atoms with Gasteiger partial charge in [-0.25, -0.2) is 14.4 Å². The molecule has 2 aliphatic rings. The molecule has 47 heavy (non-hydrogen) atoms. The van der Waals surface area contributed by atoms with Gasteiger partial charge in [0, 0.05) is 24.1 Å². The molecule has 3 aromatic carbocycles. The Kier molecular flexibility index (Phi) is 11.1. The second-order valence-corrected chi connectivity index (χ2v) is 13.0. The number of para-hydroxylation sites is 1. The molecule has 1 saturated carbocycles. The van der Waals surface area contributed by atoms with E-state index in [1.165, 1.54) is 56.4 Å². The predicted octanol–water partition coefficient (Wildman–Crippen LogP) is 5.02. The number of nitrogens with zero attached hydrogens (tertiary/aromatic N) is 2. The van der Waals surface area contributed by atoms with Crippen LogP contribution in [0.5, 0.6) is 5.75 Å². The van der Waals surface area contributed by atoms with Gasteiger partial charge < -0.3 is 25.2 Å². The van der Waals surface area contributed by atoms with Crippen LogP contribution in [0.1, 0.15) is 61.6 Å². The summed E-state index contributed by atoms with van der Waals surface area (Å²) in [5.74, 6) is -0.642. The highest BCUT2D eigenvalue weighted by molar-refractivity contribution is 7.46. The molecule has 13 heteroatoms. The smallest absolute Gasteiger partial charge is 0.465 e. The fourth-order valence-electron chi connectivity index (χ4n) is 6.25. The van der Waals surface area contributed by atoms with Gasteiger partial charge in [0.1, 0.15) is 11.8 Å². The van der Waals surface area contributed by atoms with E-state index < -0.39 is 37.9 Å². The molecule has 0 aromatic heterocycles. The molecule has 5 N–H and O–H groups in total. The van der Waals surface area contributed by atoms with Crippen molar-refractivity contribution >= 4 is 37.1 Å². The number of anilines is 1. The number of phosphoric acid groups is 1. The minimum absolute atomic E-state index is 0.0933. The Morgan fingerprint density at radius 2 is 1.64 bits per heavy atom. The molecule has 3 amide bonds. The number of fused-ring (bicyclic) bond motifs is 1. The van der Waals surface area contributed by atoms with Gasteiger partial charge in [0.15, 0.2) is 0 Å². The largest absolute Gasteiger partial charge is 0.524 e. The Hall–Kier alpha value is -4.51. The van der Waals surface area contributed by atoms with Gasteiger partial charge in [-0.1, -0.05) is 92.8 Å². The van der Waals surface area contributed by atoms with Crippen LogP contribution in [0.25, 0.3) is 0 Å². The van der Waals surface area contributed by atoms with E-state index in [-0.39, 0.29) is 12.2 Å². The molecular formula is C34H39N4O8P. The zero-order valence-corrected chi connectivity index (χ0v) is 26.7. The summed E-state index contributed by atoms with van der Waals surface area (Å²) < 4.78 is 15.7. The van der Waals surface area contributed by atoms with Crippen LogP contribution in [0.4, 0.5) is 10.5 Å². The van der Waals surface area contributed by atoms with Crippen molar-refractivity contribution in [2.45, 2.75) is 63.6 Å². The van der Waals surface area contributed by atoms with Crippen LogP contribution >= 0.6 is 7.82 Å². The number of rotatable bonds is 12. The average molecular weight is 663 g/mol. The van der Waals surface area contributed by atoms with Crippen molar-refractivity contribution in [1.82, 2.24) is 10.6 Å². The summed E-state index contributed by atoms with van der Waals surface area (Å²) in [6, 6.07) is 21.1. The molecule has 0 radical (unpaired) electrons. The van der Waals surface area contributed by atoms with E-state index in [4.69, 9.17) is 14.8 Å². The molecular weight excluding hydrogens is 623 g/mol. The first-order valence-corrected chi connectivity index (χ1v) is 17.3. The lowest BCUT2D eigenvalue weighted by molar-refractivity contribution is -0.128. The third-order valence-corrected chi connectivity index (χ3v) is 8.90.